The molecule has 0 fully saturated rings. The zero-order chi connectivity index (χ0) is 20.8. The highest BCUT2D eigenvalue weighted by atomic mass is 16.6. The Bertz CT molecular complexity index is 1020. The highest BCUT2D eigenvalue weighted by Crippen LogP contribution is 2.31. The van der Waals surface area contributed by atoms with Crippen LogP contribution in [0, 0.1) is 20.2 Å². The molecule has 1 heterocycles. The van der Waals surface area contributed by atoms with E-state index in [2.05, 4.69) is 26.1 Å². The van der Waals surface area contributed by atoms with Crippen molar-refractivity contribution in [3.05, 3.63) is 80.7 Å². The first-order chi connectivity index (χ1) is 14.0. The van der Waals surface area contributed by atoms with Gasteiger partial charge in [-0.05, 0) is 36.2 Å². The molecule has 0 aliphatic carbocycles. The smallest absolute Gasteiger partial charge is 0.334 e. The van der Waals surface area contributed by atoms with Gasteiger partial charge in [0.25, 0.3) is 5.69 Å². The van der Waals surface area contributed by atoms with Crippen LogP contribution >= 0.6 is 0 Å². The zero-order valence-corrected chi connectivity index (χ0v) is 15.3. The fourth-order valence-corrected chi connectivity index (χ4v) is 2.49. The summed E-state index contributed by atoms with van der Waals surface area (Å²) in [4.78, 5) is 29.1. The third-order valence-corrected chi connectivity index (χ3v) is 4.03. The number of non-ortho nitro benzene ring substituents is 1. The molecule has 0 aliphatic heterocycles. The third kappa shape index (κ3) is 4.71. The number of nitrogens with zero attached hydrogens (tertiary/aromatic N) is 4. The third-order valence-electron chi connectivity index (χ3n) is 4.03. The Kier molecular flexibility index (Phi) is 5.78. The molecular weight excluding hydrogens is 378 g/mol. The molecule has 1 aromatic heterocycles. The molecule has 0 atom stereocenters. The van der Waals surface area contributed by atoms with Gasteiger partial charge in [-0.25, -0.2) is 9.97 Å². The van der Waals surface area contributed by atoms with Gasteiger partial charge in [-0.15, -0.1) is 0 Å². The first-order valence-corrected chi connectivity index (χ1v) is 8.59. The Morgan fingerprint density at radius 1 is 0.828 bits per heavy atom. The van der Waals surface area contributed by atoms with Crippen molar-refractivity contribution in [2.75, 3.05) is 16.2 Å². The van der Waals surface area contributed by atoms with E-state index in [1.807, 2.05) is 31.2 Å². The topological polar surface area (TPSA) is 148 Å². The zero-order valence-electron chi connectivity index (χ0n) is 15.3. The lowest BCUT2D eigenvalue weighted by Gasteiger charge is -2.11. The SMILES string of the molecule is CCc1ccc(Nc2ncnc(NNc3ccc([N+](=O)[O-])cc3)c2[N+](=O)[O-])cc1. The summed E-state index contributed by atoms with van der Waals surface area (Å²) >= 11 is 0. The van der Waals surface area contributed by atoms with Crippen molar-refractivity contribution in [2.45, 2.75) is 13.3 Å². The van der Waals surface area contributed by atoms with Crippen LogP contribution < -0.4 is 16.2 Å². The van der Waals surface area contributed by atoms with Gasteiger partial charge in [-0.1, -0.05) is 19.1 Å². The summed E-state index contributed by atoms with van der Waals surface area (Å²) in [5.74, 6) is -0.0294. The van der Waals surface area contributed by atoms with Crippen molar-refractivity contribution in [3.63, 3.8) is 0 Å². The molecule has 11 nitrogen and oxygen atoms in total. The number of nitro groups is 2. The summed E-state index contributed by atoms with van der Waals surface area (Å²) in [6.45, 7) is 2.04. The van der Waals surface area contributed by atoms with Crippen LogP contribution in [0.1, 0.15) is 12.5 Å². The first-order valence-electron chi connectivity index (χ1n) is 8.59. The van der Waals surface area contributed by atoms with Crippen molar-refractivity contribution in [2.24, 2.45) is 0 Å². The van der Waals surface area contributed by atoms with Crippen LogP contribution in [0.25, 0.3) is 0 Å². The Hall–Kier alpha value is -4.28. The van der Waals surface area contributed by atoms with Gasteiger partial charge < -0.3 is 5.32 Å². The minimum Gasteiger partial charge on any atom is -0.334 e. The Balaban J connectivity index is 1.80. The highest BCUT2D eigenvalue weighted by molar-refractivity contribution is 5.74. The van der Waals surface area contributed by atoms with Crippen molar-refractivity contribution in [1.82, 2.24) is 9.97 Å². The Morgan fingerprint density at radius 3 is 2.03 bits per heavy atom. The minimum absolute atomic E-state index is 0.0299. The summed E-state index contributed by atoms with van der Waals surface area (Å²) in [6, 6.07) is 13.0. The molecule has 29 heavy (non-hydrogen) atoms. The molecule has 0 saturated heterocycles. The van der Waals surface area contributed by atoms with Gasteiger partial charge in [-0.3, -0.25) is 31.1 Å². The summed E-state index contributed by atoms with van der Waals surface area (Å²) in [7, 11) is 0. The summed E-state index contributed by atoms with van der Waals surface area (Å²) < 4.78 is 0. The second kappa shape index (κ2) is 8.61. The number of anilines is 4. The Labute approximate surface area is 165 Å². The molecule has 3 aromatic rings. The quantitative estimate of drug-likeness (QED) is 0.379. The number of benzene rings is 2. The van der Waals surface area contributed by atoms with Crippen LogP contribution in [-0.2, 0) is 6.42 Å². The number of nitrogens with one attached hydrogen (secondary N) is 3. The summed E-state index contributed by atoms with van der Waals surface area (Å²) in [5.41, 5.74) is 7.23. The van der Waals surface area contributed by atoms with Crippen LogP contribution in [0.15, 0.2) is 54.9 Å². The maximum absolute atomic E-state index is 11.6. The number of nitro benzene ring substituents is 1. The summed E-state index contributed by atoms with van der Waals surface area (Å²) in [6.07, 6.45) is 2.08. The normalized spacial score (nSPS) is 10.2. The minimum atomic E-state index is -0.595. The average Bonchev–Trinajstić information content (AvgIpc) is 2.73. The lowest BCUT2D eigenvalue weighted by atomic mass is 10.1. The molecule has 0 saturated carbocycles. The number of hydrogen-bond donors (Lipinski definition) is 3. The monoisotopic (exact) mass is 395 g/mol. The van der Waals surface area contributed by atoms with E-state index < -0.39 is 9.85 Å². The van der Waals surface area contributed by atoms with E-state index in [1.54, 1.807) is 0 Å². The molecule has 0 unspecified atom stereocenters. The largest absolute Gasteiger partial charge is 0.355 e. The van der Waals surface area contributed by atoms with Crippen LogP contribution in [-0.4, -0.2) is 19.8 Å². The molecule has 0 bridgehead atoms. The lowest BCUT2D eigenvalue weighted by Crippen LogP contribution is -2.13. The fourth-order valence-electron chi connectivity index (χ4n) is 2.49. The van der Waals surface area contributed by atoms with Gasteiger partial charge in [0.05, 0.1) is 15.5 Å². The molecule has 0 aliphatic rings. The van der Waals surface area contributed by atoms with Gasteiger partial charge >= 0.3 is 5.69 Å². The molecule has 0 amide bonds. The average molecular weight is 395 g/mol. The van der Waals surface area contributed by atoms with Crippen LogP contribution in [0.4, 0.5) is 34.4 Å². The second-order valence-corrected chi connectivity index (χ2v) is 5.91. The first kappa shape index (κ1) is 19.5. The van der Waals surface area contributed by atoms with Gasteiger partial charge in [0.15, 0.2) is 0 Å². The molecule has 0 radical (unpaired) electrons. The van der Waals surface area contributed by atoms with Crippen molar-refractivity contribution >= 4 is 34.4 Å². The van der Waals surface area contributed by atoms with E-state index in [9.17, 15) is 20.2 Å². The molecular formula is C18H17N7O4. The van der Waals surface area contributed by atoms with E-state index in [4.69, 9.17) is 0 Å². The van der Waals surface area contributed by atoms with Crippen molar-refractivity contribution in [3.8, 4) is 0 Å². The molecule has 3 rings (SSSR count). The predicted octanol–water partition coefficient (Wildman–Crippen LogP) is 4.04. The number of aromatic nitrogens is 2. The van der Waals surface area contributed by atoms with E-state index in [0.717, 1.165) is 12.0 Å². The van der Waals surface area contributed by atoms with Crippen molar-refractivity contribution < 1.29 is 9.85 Å². The molecule has 2 aromatic carbocycles. The van der Waals surface area contributed by atoms with E-state index >= 15 is 0 Å². The number of hydrazine groups is 1. The maximum Gasteiger partial charge on any atom is 0.355 e. The predicted molar refractivity (Wildman–Crippen MR) is 108 cm³/mol. The van der Waals surface area contributed by atoms with Crippen LogP contribution in [0.2, 0.25) is 0 Å². The Morgan fingerprint density at radius 2 is 1.45 bits per heavy atom. The van der Waals surface area contributed by atoms with Gasteiger partial charge in [-0.2, -0.15) is 0 Å². The van der Waals surface area contributed by atoms with Gasteiger partial charge in [0.1, 0.15) is 6.33 Å². The maximum atomic E-state index is 11.6. The molecule has 11 heteroatoms. The fraction of sp³-hybridized carbons (Fsp3) is 0.111. The number of rotatable bonds is 8. The van der Waals surface area contributed by atoms with E-state index in [-0.39, 0.29) is 23.0 Å². The van der Waals surface area contributed by atoms with Crippen molar-refractivity contribution in [1.29, 1.82) is 0 Å². The van der Waals surface area contributed by atoms with Gasteiger partial charge in [0, 0.05) is 17.8 Å². The standard InChI is InChI=1S/C18H17N7O4/c1-2-12-3-5-13(6-4-12)21-17-16(25(28)29)18(20-11-19-17)23-22-14-7-9-15(10-8-14)24(26)27/h3-11,22H,2H2,1H3,(H2,19,20,21,23). The molecule has 148 valence electrons. The van der Waals surface area contributed by atoms with E-state index in [1.165, 1.54) is 30.6 Å². The second-order valence-electron chi connectivity index (χ2n) is 5.91. The summed E-state index contributed by atoms with van der Waals surface area (Å²) in [5, 5.41) is 25.2. The number of hydrogen-bond acceptors (Lipinski definition) is 9. The van der Waals surface area contributed by atoms with Gasteiger partial charge in [0.2, 0.25) is 11.6 Å². The lowest BCUT2D eigenvalue weighted by molar-refractivity contribution is -0.384. The molecule has 3 N–H and O–H groups in total. The molecule has 0 spiro atoms. The van der Waals surface area contributed by atoms with E-state index in [0.29, 0.717) is 11.4 Å². The highest BCUT2D eigenvalue weighted by Gasteiger charge is 2.23. The van der Waals surface area contributed by atoms with Crippen LogP contribution in [0.3, 0.4) is 0 Å². The number of aryl methyl sites for hydroxylation is 1. The van der Waals surface area contributed by atoms with Crippen LogP contribution in [0.5, 0.6) is 0 Å².